The molecule has 0 aliphatic rings. The quantitative estimate of drug-likeness (QED) is 0.367. The number of carboxylic acids is 1. The van der Waals surface area contributed by atoms with Gasteiger partial charge in [-0.05, 0) is 31.1 Å². The first kappa shape index (κ1) is 18.9. The molecule has 20 heavy (non-hydrogen) atoms. The van der Waals surface area contributed by atoms with Crippen LogP contribution in [0.4, 0.5) is 0 Å². The predicted octanol–water partition coefficient (Wildman–Crippen LogP) is 2.65. The molecule has 3 N–H and O–H groups in total. The number of aliphatic carboxylic acids is 1. The third kappa shape index (κ3) is 8.15. The topological polar surface area (TPSA) is 83.6 Å². The molecule has 0 saturated carbocycles. The van der Waals surface area contributed by atoms with E-state index >= 15 is 0 Å². The Balaban J connectivity index is 4.29. The van der Waals surface area contributed by atoms with E-state index in [4.69, 9.17) is 5.84 Å². The first-order valence-corrected chi connectivity index (χ1v) is 7.55. The first-order chi connectivity index (χ1) is 9.27. The number of hydrazine groups is 1. The van der Waals surface area contributed by atoms with E-state index in [-0.39, 0.29) is 12.5 Å². The standard InChI is InChI=1S/C15H30N2O3/c1-5-12(4)7-8-13(15(19)20)10-17(16)14(18)9-6-11(2)3/h11-13H,5-10,16H2,1-4H3,(H,19,20). The molecule has 2 unspecified atom stereocenters. The molecule has 0 aromatic rings. The Morgan fingerprint density at radius 3 is 2.20 bits per heavy atom. The molecular formula is C15H30N2O3. The molecule has 0 radical (unpaired) electrons. The van der Waals surface area contributed by atoms with Crippen molar-refractivity contribution in [2.24, 2.45) is 23.6 Å². The SMILES string of the molecule is CCC(C)CCC(CN(N)C(=O)CCC(C)C)C(=O)O. The van der Waals surface area contributed by atoms with Gasteiger partial charge in [0.2, 0.25) is 5.91 Å². The highest BCUT2D eigenvalue weighted by Crippen LogP contribution is 2.16. The van der Waals surface area contributed by atoms with Gasteiger partial charge < -0.3 is 5.11 Å². The van der Waals surface area contributed by atoms with E-state index in [0.29, 0.717) is 24.7 Å². The van der Waals surface area contributed by atoms with E-state index in [1.165, 1.54) is 0 Å². The molecule has 0 aliphatic heterocycles. The summed E-state index contributed by atoms with van der Waals surface area (Å²) in [7, 11) is 0. The van der Waals surface area contributed by atoms with Crippen LogP contribution >= 0.6 is 0 Å². The fourth-order valence-electron chi connectivity index (χ4n) is 1.88. The minimum atomic E-state index is -0.875. The van der Waals surface area contributed by atoms with Crippen LogP contribution in [0.2, 0.25) is 0 Å². The summed E-state index contributed by atoms with van der Waals surface area (Å²) < 4.78 is 0. The molecule has 0 saturated heterocycles. The van der Waals surface area contributed by atoms with Crippen molar-refractivity contribution in [3.05, 3.63) is 0 Å². The zero-order valence-electron chi connectivity index (χ0n) is 13.3. The van der Waals surface area contributed by atoms with E-state index in [1.807, 2.05) is 13.8 Å². The summed E-state index contributed by atoms with van der Waals surface area (Å²) in [4.78, 5) is 23.0. The molecule has 0 aliphatic carbocycles. The van der Waals surface area contributed by atoms with Gasteiger partial charge in [-0.25, -0.2) is 5.84 Å². The number of rotatable bonds is 10. The summed E-state index contributed by atoms with van der Waals surface area (Å²) in [5.41, 5.74) is 0. The van der Waals surface area contributed by atoms with Gasteiger partial charge in [0.25, 0.3) is 0 Å². The second-order valence-electron chi connectivity index (χ2n) is 6.10. The Kier molecular flexibility index (Phi) is 9.21. The lowest BCUT2D eigenvalue weighted by atomic mass is 9.95. The minimum Gasteiger partial charge on any atom is -0.481 e. The Hall–Kier alpha value is -1.10. The molecule has 0 rings (SSSR count). The Bertz CT molecular complexity index is 305. The molecule has 118 valence electrons. The number of hydrogen-bond acceptors (Lipinski definition) is 3. The molecule has 0 heterocycles. The Morgan fingerprint density at radius 2 is 1.75 bits per heavy atom. The van der Waals surface area contributed by atoms with Crippen LogP contribution in [0, 0.1) is 17.8 Å². The second-order valence-corrected chi connectivity index (χ2v) is 6.10. The summed E-state index contributed by atoms with van der Waals surface area (Å²) in [6, 6.07) is 0. The van der Waals surface area contributed by atoms with E-state index in [2.05, 4.69) is 13.8 Å². The van der Waals surface area contributed by atoms with E-state index < -0.39 is 11.9 Å². The van der Waals surface area contributed by atoms with E-state index in [1.54, 1.807) is 0 Å². The van der Waals surface area contributed by atoms with Crippen molar-refractivity contribution in [1.29, 1.82) is 0 Å². The van der Waals surface area contributed by atoms with Gasteiger partial charge in [0.15, 0.2) is 0 Å². The van der Waals surface area contributed by atoms with Crippen LogP contribution in [0.1, 0.15) is 59.8 Å². The van der Waals surface area contributed by atoms with Crippen molar-refractivity contribution in [2.75, 3.05) is 6.54 Å². The third-order valence-electron chi connectivity index (χ3n) is 3.73. The van der Waals surface area contributed by atoms with Crippen molar-refractivity contribution in [2.45, 2.75) is 59.8 Å². The van der Waals surface area contributed by atoms with Crippen LogP contribution in [0.15, 0.2) is 0 Å². The largest absolute Gasteiger partial charge is 0.481 e. The molecule has 0 bridgehead atoms. The lowest BCUT2D eigenvalue weighted by Gasteiger charge is -2.22. The van der Waals surface area contributed by atoms with Gasteiger partial charge in [-0.3, -0.25) is 14.6 Å². The van der Waals surface area contributed by atoms with Crippen molar-refractivity contribution < 1.29 is 14.7 Å². The van der Waals surface area contributed by atoms with Gasteiger partial charge in [-0.15, -0.1) is 0 Å². The number of nitrogens with zero attached hydrogens (tertiary/aromatic N) is 1. The molecule has 1 amide bonds. The van der Waals surface area contributed by atoms with Gasteiger partial charge in [-0.1, -0.05) is 34.1 Å². The summed E-state index contributed by atoms with van der Waals surface area (Å²) in [5.74, 6) is 5.02. The Morgan fingerprint density at radius 1 is 1.15 bits per heavy atom. The van der Waals surface area contributed by atoms with Crippen LogP contribution in [0.3, 0.4) is 0 Å². The third-order valence-corrected chi connectivity index (χ3v) is 3.73. The zero-order valence-corrected chi connectivity index (χ0v) is 13.3. The van der Waals surface area contributed by atoms with E-state index in [9.17, 15) is 14.7 Å². The molecule has 2 atom stereocenters. The first-order valence-electron chi connectivity index (χ1n) is 7.55. The molecular weight excluding hydrogens is 256 g/mol. The highest BCUT2D eigenvalue weighted by atomic mass is 16.4. The predicted molar refractivity (Wildman–Crippen MR) is 79.8 cm³/mol. The lowest BCUT2D eigenvalue weighted by Crippen LogP contribution is -2.42. The average molecular weight is 286 g/mol. The van der Waals surface area contributed by atoms with Crippen molar-refractivity contribution in [1.82, 2.24) is 5.01 Å². The van der Waals surface area contributed by atoms with Crippen LogP contribution in [0.5, 0.6) is 0 Å². The maximum absolute atomic E-state index is 11.8. The summed E-state index contributed by atoms with van der Waals surface area (Å²) in [6.07, 6.45) is 3.60. The van der Waals surface area contributed by atoms with Crippen molar-refractivity contribution in [3.8, 4) is 0 Å². The number of amides is 1. The molecule has 0 fully saturated rings. The Labute approximate surface area is 122 Å². The molecule has 5 heteroatoms. The molecule has 5 nitrogen and oxygen atoms in total. The normalized spacial score (nSPS) is 14.1. The lowest BCUT2D eigenvalue weighted by molar-refractivity contribution is -0.144. The number of carbonyl (C=O) groups is 2. The maximum atomic E-state index is 11.8. The average Bonchev–Trinajstić information content (AvgIpc) is 2.39. The fourth-order valence-corrected chi connectivity index (χ4v) is 1.88. The van der Waals surface area contributed by atoms with Crippen LogP contribution in [-0.4, -0.2) is 28.5 Å². The highest BCUT2D eigenvalue weighted by Gasteiger charge is 2.22. The van der Waals surface area contributed by atoms with Gasteiger partial charge in [0.05, 0.1) is 12.5 Å². The molecule has 0 aromatic carbocycles. The zero-order chi connectivity index (χ0) is 15.7. The molecule has 0 spiro atoms. The smallest absolute Gasteiger partial charge is 0.308 e. The maximum Gasteiger partial charge on any atom is 0.308 e. The van der Waals surface area contributed by atoms with Crippen LogP contribution in [0.25, 0.3) is 0 Å². The van der Waals surface area contributed by atoms with Crippen molar-refractivity contribution >= 4 is 11.9 Å². The number of nitrogens with two attached hydrogens (primary N) is 1. The van der Waals surface area contributed by atoms with Gasteiger partial charge in [0, 0.05) is 6.42 Å². The number of carbonyl (C=O) groups excluding carboxylic acids is 1. The minimum absolute atomic E-state index is 0.0999. The van der Waals surface area contributed by atoms with Crippen LogP contribution in [-0.2, 0) is 9.59 Å². The fraction of sp³-hybridized carbons (Fsp3) is 0.867. The van der Waals surface area contributed by atoms with Crippen molar-refractivity contribution in [3.63, 3.8) is 0 Å². The second kappa shape index (κ2) is 9.75. The highest BCUT2D eigenvalue weighted by molar-refractivity contribution is 5.77. The molecule has 0 aromatic heterocycles. The summed E-state index contributed by atoms with van der Waals surface area (Å²) in [6.45, 7) is 8.38. The number of carboxylic acid groups (broad SMARTS) is 1. The van der Waals surface area contributed by atoms with Gasteiger partial charge in [0.1, 0.15) is 0 Å². The van der Waals surface area contributed by atoms with Gasteiger partial charge in [-0.2, -0.15) is 0 Å². The van der Waals surface area contributed by atoms with Gasteiger partial charge >= 0.3 is 5.97 Å². The number of hydrogen-bond donors (Lipinski definition) is 2. The summed E-state index contributed by atoms with van der Waals surface area (Å²) >= 11 is 0. The van der Waals surface area contributed by atoms with Crippen LogP contribution < -0.4 is 5.84 Å². The van der Waals surface area contributed by atoms with E-state index in [0.717, 1.165) is 24.3 Å². The monoisotopic (exact) mass is 286 g/mol. The summed E-state index contributed by atoms with van der Waals surface area (Å²) in [5, 5.41) is 10.3.